The van der Waals surface area contributed by atoms with Crippen molar-refractivity contribution in [1.82, 2.24) is 4.90 Å². The molecule has 1 saturated carbocycles. The number of aliphatic hydroxyl groups is 1. The van der Waals surface area contributed by atoms with E-state index >= 15 is 0 Å². The van der Waals surface area contributed by atoms with E-state index in [2.05, 4.69) is 36.2 Å². The third-order valence-corrected chi connectivity index (χ3v) is 3.28. The van der Waals surface area contributed by atoms with Gasteiger partial charge in [-0.1, -0.05) is 30.3 Å². The van der Waals surface area contributed by atoms with Crippen LogP contribution in [0, 0.1) is 0 Å². The maximum absolute atomic E-state index is 9.80. The lowest BCUT2D eigenvalue weighted by molar-refractivity contribution is 0.0825. The number of likely N-dealkylation sites (N-methyl/N-ethyl adjacent to an activating group) is 1. The Labute approximate surface area is 91.5 Å². The zero-order valence-corrected chi connectivity index (χ0v) is 9.26. The molecule has 0 aliphatic heterocycles. The van der Waals surface area contributed by atoms with E-state index in [0.717, 1.165) is 25.8 Å². The summed E-state index contributed by atoms with van der Waals surface area (Å²) in [5.41, 5.74) is 1.32. The number of hydrogen-bond acceptors (Lipinski definition) is 2. The van der Waals surface area contributed by atoms with Crippen molar-refractivity contribution in [3.8, 4) is 0 Å². The number of nitrogens with zero attached hydrogens (tertiary/aromatic N) is 1. The first-order valence-electron chi connectivity index (χ1n) is 5.69. The smallest absolute Gasteiger partial charge is 0.0695 e. The molecule has 2 atom stereocenters. The van der Waals surface area contributed by atoms with Crippen LogP contribution >= 0.6 is 0 Å². The maximum Gasteiger partial charge on any atom is 0.0695 e. The van der Waals surface area contributed by atoms with Crippen LogP contribution in [0.2, 0.25) is 0 Å². The van der Waals surface area contributed by atoms with Gasteiger partial charge in [-0.3, -0.25) is 4.90 Å². The van der Waals surface area contributed by atoms with Gasteiger partial charge in [-0.15, -0.1) is 0 Å². The van der Waals surface area contributed by atoms with Crippen LogP contribution in [-0.2, 0) is 6.54 Å². The lowest BCUT2D eigenvalue weighted by Crippen LogP contribution is -2.36. The molecule has 15 heavy (non-hydrogen) atoms. The first-order valence-corrected chi connectivity index (χ1v) is 5.69. The minimum absolute atomic E-state index is 0.126. The second kappa shape index (κ2) is 4.77. The monoisotopic (exact) mass is 205 g/mol. The van der Waals surface area contributed by atoms with Gasteiger partial charge in [0.25, 0.3) is 0 Å². The van der Waals surface area contributed by atoms with Gasteiger partial charge in [-0.2, -0.15) is 0 Å². The van der Waals surface area contributed by atoms with Gasteiger partial charge in [0.1, 0.15) is 0 Å². The number of rotatable bonds is 3. The van der Waals surface area contributed by atoms with Gasteiger partial charge < -0.3 is 5.11 Å². The summed E-state index contributed by atoms with van der Waals surface area (Å²) < 4.78 is 0. The lowest BCUT2D eigenvalue weighted by Gasteiger charge is -2.26. The van der Waals surface area contributed by atoms with Crippen LogP contribution in [0.25, 0.3) is 0 Å². The van der Waals surface area contributed by atoms with E-state index in [1.807, 2.05) is 6.07 Å². The first kappa shape index (κ1) is 10.7. The Bertz CT molecular complexity index is 299. The van der Waals surface area contributed by atoms with Gasteiger partial charge in [0, 0.05) is 12.6 Å². The summed E-state index contributed by atoms with van der Waals surface area (Å²) in [6.07, 6.45) is 3.12. The van der Waals surface area contributed by atoms with Gasteiger partial charge in [0.2, 0.25) is 0 Å². The fourth-order valence-electron chi connectivity index (χ4n) is 2.42. The highest BCUT2D eigenvalue weighted by Crippen LogP contribution is 2.24. The molecule has 1 fully saturated rings. The Morgan fingerprint density at radius 1 is 1.27 bits per heavy atom. The van der Waals surface area contributed by atoms with Gasteiger partial charge in [0.05, 0.1) is 6.10 Å². The predicted molar refractivity (Wildman–Crippen MR) is 61.6 cm³/mol. The van der Waals surface area contributed by atoms with E-state index in [1.165, 1.54) is 5.56 Å². The van der Waals surface area contributed by atoms with Crippen LogP contribution in [0.5, 0.6) is 0 Å². The van der Waals surface area contributed by atoms with Crippen molar-refractivity contribution in [2.75, 3.05) is 7.05 Å². The van der Waals surface area contributed by atoms with E-state index in [0.29, 0.717) is 6.04 Å². The Hall–Kier alpha value is -0.860. The van der Waals surface area contributed by atoms with Crippen LogP contribution in [0.4, 0.5) is 0 Å². The van der Waals surface area contributed by atoms with Gasteiger partial charge >= 0.3 is 0 Å². The van der Waals surface area contributed by atoms with Crippen LogP contribution in [0.3, 0.4) is 0 Å². The Morgan fingerprint density at radius 2 is 2.00 bits per heavy atom. The lowest BCUT2D eigenvalue weighted by atomic mass is 10.1. The van der Waals surface area contributed by atoms with Crippen molar-refractivity contribution in [2.24, 2.45) is 0 Å². The van der Waals surface area contributed by atoms with Crippen molar-refractivity contribution >= 4 is 0 Å². The second-order valence-corrected chi connectivity index (χ2v) is 4.47. The summed E-state index contributed by atoms with van der Waals surface area (Å²) in [5, 5.41) is 9.80. The van der Waals surface area contributed by atoms with Crippen LogP contribution < -0.4 is 0 Å². The summed E-state index contributed by atoms with van der Waals surface area (Å²) in [7, 11) is 2.10. The molecule has 1 aromatic rings. The summed E-state index contributed by atoms with van der Waals surface area (Å²) >= 11 is 0. The molecule has 1 aliphatic rings. The molecule has 0 amide bonds. The number of benzene rings is 1. The molecule has 0 bridgehead atoms. The molecule has 1 aliphatic carbocycles. The summed E-state index contributed by atoms with van der Waals surface area (Å²) in [5.74, 6) is 0. The molecular weight excluding hydrogens is 186 g/mol. The molecule has 0 saturated heterocycles. The normalized spacial score (nSPS) is 26.1. The molecule has 0 heterocycles. The number of aliphatic hydroxyl groups excluding tert-OH is 1. The molecular formula is C13H19NO. The van der Waals surface area contributed by atoms with E-state index < -0.39 is 0 Å². The van der Waals surface area contributed by atoms with Crippen LogP contribution in [-0.4, -0.2) is 29.2 Å². The average Bonchev–Trinajstić information content (AvgIpc) is 2.66. The van der Waals surface area contributed by atoms with Crippen molar-refractivity contribution < 1.29 is 5.11 Å². The minimum atomic E-state index is -0.126. The Kier molecular flexibility index (Phi) is 3.39. The van der Waals surface area contributed by atoms with Crippen molar-refractivity contribution in [2.45, 2.75) is 38.0 Å². The van der Waals surface area contributed by atoms with Gasteiger partial charge in [0.15, 0.2) is 0 Å². The summed E-state index contributed by atoms with van der Waals surface area (Å²) in [4.78, 5) is 2.27. The fraction of sp³-hybridized carbons (Fsp3) is 0.538. The largest absolute Gasteiger partial charge is 0.391 e. The zero-order valence-electron chi connectivity index (χ0n) is 9.26. The quantitative estimate of drug-likeness (QED) is 0.816. The average molecular weight is 205 g/mol. The van der Waals surface area contributed by atoms with E-state index in [4.69, 9.17) is 0 Å². The third-order valence-electron chi connectivity index (χ3n) is 3.28. The SMILES string of the molecule is CN(Cc1ccccc1)C1CCCC1O. The topological polar surface area (TPSA) is 23.5 Å². The first-order chi connectivity index (χ1) is 7.27. The van der Waals surface area contributed by atoms with Crippen molar-refractivity contribution in [3.05, 3.63) is 35.9 Å². The van der Waals surface area contributed by atoms with E-state index in [-0.39, 0.29) is 6.10 Å². The van der Waals surface area contributed by atoms with Crippen LogP contribution in [0.15, 0.2) is 30.3 Å². The number of hydrogen-bond donors (Lipinski definition) is 1. The summed E-state index contributed by atoms with van der Waals surface area (Å²) in [6, 6.07) is 10.8. The molecule has 1 aromatic carbocycles. The molecule has 0 radical (unpaired) electrons. The minimum Gasteiger partial charge on any atom is -0.391 e. The Morgan fingerprint density at radius 3 is 2.60 bits per heavy atom. The van der Waals surface area contributed by atoms with Crippen molar-refractivity contribution in [3.63, 3.8) is 0 Å². The van der Waals surface area contributed by atoms with E-state index in [9.17, 15) is 5.11 Å². The molecule has 2 nitrogen and oxygen atoms in total. The molecule has 2 heteroatoms. The van der Waals surface area contributed by atoms with Crippen molar-refractivity contribution in [1.29, 1.82) is 0 Å². The van der Waals surface area contributed by atoms with Gasteiger partial charge in [-0.25, -0.2) is 0 Å². The highest BCUT2D eigenvalue weighted by Gasteiger charge is 2.28. The molecule has 2 rings (SSSR count). The molecule has 0 aromatic heterocycles. The highest BCUT2D eigenvalue weighted by molar-refractivity contribution is 5.14. The molecule has 1 N–H and O–H groups in total. The van der Waals surface area contributed by atoms with Gasteiger partial charge in [-0.05, 0) is 31.9 Å². The Balaban J connectivity index is 1.94. The predicted octanol–water partition coefficient (Wildman–Crippen LogP) is 2.03. The molecule has 82 valence electrons. The maximum atomic E-state index is 9.80. The third kappa shape index (κ3) is 2.58. The van der Waals surface area contributed by atoms with Crippen LogP contribution in [0.1, 0.15) is 24.8 Å². The van der Waals surface area contributed by atoms with E-state index in [1.54, 1.807) is 0 Å². The highest BCUT2D eigenvalue weighted by atomic mass is 16.3. The second-order valence-electron chi connectivity index (χ2n) is 4.47. The fourth-order valence-corrected chi connectivity index (χ4v) is 2.42. The zero-order chi connectivity index (χ0) is 10.7. The standard InChI is InChI=1S/C13H19NO/c1-14(12-8-5-9-13(12)15)10-11-6-3-2-4-7-11/h2-4,6-7,12-13,15H,5,8-10H2,1H3. The summed E-state index contributed by atoms with van der Waals surface area (Å²) in [6.45, 7) is 0.933. The molecule has 0 spiro atoms. The molecule has 2 unspecified atom stereocenters.